The molecule has 1 atom stereocenters. The van der Waals surface area contributed by atoms with Gasteiger partial charge in [0.1, 0.15) is 0 Å². The van der Waals surface area contributed by atoms with Crippen LogP contribution < -0.4 is 0 Å². The molecule has 0 aromatic carbocycles. The van der Waals surface area contributed by atoms with E-state index in [-0.39, 0.29) is 93.3 Å². The van der Waals surface area contributed by atoms with Gasteiger partial charge in [0.05, 0.1) is 0 Å². The minimum atomic E-state index is -1.24. The van der Waals surface area contributed by atoms with Crippen LogP contribution in [0.15, 0.2) is 0 Å². The predicted octanol–water partition coefficient (Wildman–Crippen LogP) is 0.691. The SMILES string of the molecule is CCCC(CC)CC(C(=O)O)C(=O)O.[KH].[NaH]. The molecule has 0 aromatic heterocycles. The molecular formula is C10H20KNaO4. The molecule has 0 saturated heterocycles. The molecule has 0 heterocycles. The first kappa shape index (κ1) is 22.7. The van der Waals surface area contributed by atoms with Crippen molar-refractivity contribution in [2.75, 3.05) is 0 Å². The van der Waals surface area contributed by atoms with Crippen molar-refractivity contribution in [2.45, 2.75) is 39.5 Å². The van der Waals surface area contributed by atoms with Crippen LogP contribution in [-0.2, 0) is 9.59 Å². The van der Waals surface area contributed by atoms with Gasteiger partial charge in [-0.2, -0.15) is 0 Å². The van der Waals surface area contributed by atoms with Gasteiger partial charge in [0.15, 0.2) is 5.92 Å². The zero-order valence-electron chi connectivity index (χ0n) is 8.69. The second-order valence-corrected chi connectivity index (χ2v) is 3.53. The van der Waals surface area contributed by atoms with Crippen molar-refractivity contribution in [1.82, 2.24) is 0 Å². The second kappa shape index (κ2) is 13.0. The van der Waals surface area contributed by atoms with Crippen molar-refractivity contribution in [3.63, 3.8) is 0 Å². The van der Waals surface area contributed by atoms with Crippen LogP contribution in [0.2, 0.25) is 0 Å². The van der Waals surface area contributed by atoms with Crippen LogP contribution in [0.4, 0.5) is 0 Å². The molecule has 0 bridgehead atoms. The molecule has 0 rings (SSSR count). The average Bonchev–Trinajstić information content (AvgIpc) is 2.10. The second-order valence-electron chi connectivity index (χ2n) is 3.53. The molecule has 0 aliphatic heterocycles. The van der Waals surface area contributed by atoms with Crippen LogP contribution in [-0.4, -0.2) is 103 Å². The third-order valence-corrected chi connectivity index (χ3v) is 2.44. The Morgan fingerprint density at radius 3 is 1.81 bits per heavy atom. The normalized spacial score (nSPS) is 11.2. The Labute approximate surface area is 161 Å². The Hall–Kier alpha value is 1.58. The van der Waals surface area contributed by atoms with Crippen molar-refractivity contribution in [3.8, 4) is 0 Å². The molecule has 0 aliphatic carbocycles. The molecule has 86 valence electrons. The number of hydrogen-bond donors (Lipinski definition) is 2. The first-order valence-electron chi connectivity index (χ1n) is 4.98. The van der Waals surface area contributed by atoms with Gasteiger partial charge in [-0.1, -0.05) is 33.1 Å². The Balaban J connectivity index is -0.000000845. The zero-order valence-corrected chi connectivity index (χ0v) is 8.69. The molecule has 2 N–H and O–H groups in total. The van der Waals surface area contributed by atoms with E-state index in [0.29, 0.717) is 0 Å². The van der Waals surface area contributed by atoms with Crippen LogP contribution in [0, 0.1) is 11.8 Å². The topological polar surface area (TPSA) is 74.6 Å². The Morgan fingerprint density at radius 2 is 1.56 bits per heavy atom. The van der Waals surface area contributed by atoms with Crippen molar-refractivity contribution in [3.05, 3.63) is 0 Å². The van der Waals surface area contributed by atoms with E-state index in [1.807, 2.05) is 13.8 Å². The number of carboxylic acids is 2. The number of rotatable bonds is 7. The standard InChI is InChI=1S/C10H18O4.K.Na.2H/c1-3-5-7(4-2)6-8(9(11)12)10(13)14;;;;/h7-8H,3-6H2,1-2H3,(H,11,12)(H,13,14);;;;. The minimum absolute atomic E-state index is 0. The van der Waals surface area contributed by atoms with Crippen molar-refractivity contribution >= 4 is 92.9 Å². The number of hydrogen-bond acceptors (Lipinski definition) is 2. The van der Waals surface area contributed by atoms with Gasteiger partial charge in [-0.25, -0.2) is 0 Å². The van der Waals surface area contributed by atoms with Gasteiger partial charge >= 0.3 is 92.9 Å². The number of carbonyl (C=O) groups is 2. The van der Waals surface area contributed by atoms with Gasteiger partial charge in [-0.15, -0.1) is 0 Å². The molecule has 6 heteroatoms. The number of aliphatic carboxylic acids is 2. The van der Waals surface area contributed by atoms with Crippen molar-refractivity contribution in [1.29, 1.82) is 0 Å². The van der Waals surface area contributed by atoms with Crippen molar-refractivity contribution in [2.24, 2.45) is 11.8 Å². The van der Waals surface area contributed by atoms with Crippen LogP contribution >= 0.6 is 0 Å². The fourth-order valence-electron chi connectivity index (χ4n) is 1.54. The van der Waals surface area contributed by atoms with E-state index < -0.39 is 17.9 Å². The fraction of sp³-hybridized carbons (Fsp3) is 0.800. The summed E-state index contributed by atoms with van der Waals surface area (Å²) in [5, 5.41) is 17.4. The molecule has 0 amide bonds. The van der Waals surface area contributed by atoms with E-state index in [4.69, 9.17) is 10.2 Å². The maximum absolute atomic E-state index is 10.6. The molecule has 1 unspecified atom stereocenters. The Bertz CT molecular complexity index is 197. The van der Waals surface area contributed by atoms with E-state index in [9.17, 15) is 9.59 Å². The van der Waals surface area contributed by atoms with E-state index in [0.717, 1.165) is 19.3 Å². The first-order valence-corrected chi connectivity index (χ1v) is 4.98. The van der Waals surface area contributed by atoms with Crippen LogP contribution in [0.3, 0.4) is 0 Å². The summed E-state index contributed by atoms with van der Waals surface area (Å²) < 4.78 is 0. The molecule has 16 heavy (non-hydrogen) atoms. The summed E-state index contributed by atoms with van der Waals surface area (Å²) in [6.07, 6.45) is 2.94. The zero-order chi connectivity index (χ0) is 11.1. The predicted molar refractivity (Wildman–Crippen MR) is 66.4 cm³/mol. The molecular weight excluding hydrogens is 246 g/mol. The van der Waals surface area contributed by atoms with Gasteiger partial charge in [-0.05, 0) is 12.3 Å². The van der Waals surface area contributed by atoms with Gasteiger partial charge in [0.25, 0.3) is 0 Å². The summed E-state index contributed by atoms with van der Waals surface area (Å²) in [6, 6.07) is 0. The Kier molecular flexibility index (Phi) is 18.5. The van der Waals surface area contributed by atoms with Crippen LogP contribution in [0.5, 0.6) is 0 Å². The van der Waals surface area contributed by atoms with Gasteiger partial charge in [0.2, 0.25) is 0 Å². The fourth-order valence-corrected chi connectivity index (χ4v) is 1.54. The molecule has 4 nitrogen and oxygen atoms in total. The molecule has 0 spiro atoms. The van der Waals surface area contributed by atoms with Gasteiger partial charge in [-0.3, -0.25) is 9.59 Å². The summed E-state index contributed by atoms with van der Waals surface area (Å²) in [5.41, 5.74) is 0. The third kappa shape index (κ3) is 9.59. The molecule has 0 aliphatic rings. The summed E-state index contributed by atoms with van der Waals surface area (Å²) in [7, 11) is 0. The van der Waals surface area contributed by atoms with E-state index in [2.05, 4.69) is 0 Å². The monoisotopic (exact) mass is 266 g/mol. The molecule has 0 aromatic rings. The summed E-state index contributed by atoms with van der Waals surface area (Å²) in [4.78, 5) is 21.2. The summed E-state index contributed by atoms with van der Waals surface area (Å²) in [6.45, 7) is 3.97. The van der Waals surface area contributed by atoms with E-state index in [1.54, 1.807) is 0 Å². The van der Waals surface area contributed by atoms with E-state index in [1.165, 1.54) is 0 Å². The summed E-state index contributed by atoms with van der Waals surface area (Å²) in [5.74, 6) is -3.50. The first-order chi connectivity index (χ1) is 6.52. The van der Waals surface area contributed by atoms with Gasteiger partial charge < -0.3 is 10.2 Å². The summed E-state index contributed by atoms with van der Waals surface area (Å²) >= 11 is 0. The maximum atomic E-state index is 10.6. The van der Waals surface area contributed by atoms with Crippen LogP contribution in [0.25, 0.3) is 0 Å². The molecule has 0 fully saturated rings. The molecule has 0 radical (unpaired) electrons. The Morgan fingerprint density at radius 1 is 1.12 bits per heavy atom. The van der Waals surface area contributed by atoms with E-state index >= 15 is 0 Å². The third-order valence-electron chi connectivity index (χ3n) is 2.44. The average molecular weight is 266 g/mol. The van der Waals surface area contributed by atoms with Gasteiger partial charge in [0, 0.05) is 0 Å². The quantitative estimate of drug-likeness (QED) is 0.525. The van der Waals surface area contributed by atoms with Crippen LogP contribution in [0.1, 0.15) is 39.5 Å². The molecule has 0 saturated carbocycles. The number of carboxylic acid groups (broad SMARTS) is 2. The van der Waals surface area contributed by atoms with Crippen molar-refractivity contribution < 1.29 is 19.8 Å².